The van der Waals surface area contributed by atoms with E-state index in [1.807, 2.05) is 25.1 Å². The zero-order valence-corrected chi connectivity index (χ0v) is 14.7. The number of carbonyl (C=O) groups excluding carboxylic acids is 1. The SMILES string of the molecule is CCOC(=O)c1sc2ccc(Cl)cc2c1C.[Li][CH2]CCC. The molecule has 0 aliphatic carbocycles. The van der Waals surface area contributed by atoms with E-state index in [-0.39, 0.29) is 5.97 Å². The Bertz CT molecular complexity index is 593. The molecule has 0 fully saturated rings. The van der Waals surface area contributed by atoms with Gasteiger partial charge in [-0.2, -0.15) is 0 Å². The Kier molecular flexibility index (Phi) is 8.44. The van der Waals surface area contributed by atoms with Gasteiger partial charge >= 0.3 is 48.5 Å². The van der Waals surface area contributed by atoms with Crippen LogP contribution in [0, 0.1) is 6.92 Å². The van der Waals surface area contributed by atoms with E-state index in [0.29, 0.717) is 16.5 Å². The Morgan fingerprint density at radius 2 is 2.10 bits per heavy atom. The van der Waals surface area contributed by atoms with Gasteiger partial charge in [-0.3, -0.25) is 0 Å². The topological polar surface area (TPSA) is 26.3 Å². The fraction of sp³-hybridized carbons (Fsp3) is 0.438. The van der Waals surface area contributed by atoms with E-state index in [1.54, 1.807) is 6.92 Å². The Balaban J connectivity index is 0.000000383. The van der Waals surface area contributed by atoms with Crippen molar-refractivity contribution in [2.45, 2.75) is 38.7 Å². The van der Waals surface area contributed by atoms with E-state index in [4.69, 9.17) is 16.3 Å². The van der Waals surface area contributed by atoms with Crippen molar-refractivity contribution < 1.29 is 9.53 Å². The maximum atomic E-state index is 11.7. The number of aryl methyl sites for hydroxylation is 1. The van der Waals surface area contributed by atoms with Gasteiger partial charge in [-0.05, 0) is 43.0 Å². The third kappa shape index (κ3) is 5.34. The molecule has 0 aliphatic heterocycles. The number of hydrogen-bond donors (Lipinski definition) is 0. The van der Waals surface area contributed by atoms with Gasteiger partial charge in [0.1, 0.15) is 4.88 Å². The second-order valence-electron chi connectivity index (χ2n) is 4.77. The molecule has 0 spiro atoms. The summed E-state index contributed by atoms with van der Waals surface area (Å²) in [4.78, 5) is 12.3. The van der Waals surface area contributed by atoms with Crippen molar-refractivity contribution >= 4 is 56.7 Å². The predicted octanol–water partition coefficient (Wildman–Crippen LogP) is 5.41. The molecular weight excluding hydrogens is 299 g/mol. The fourth-order valence-electron chi connectivity index (χ4n) is 1.94. The van der Waals surface area contributed by atoms with Crippen LogP contribution in [-0.4, -0.2) is 30.3 Å². The average molecular weight is 319 g/mol. The van der Waals surface area contributed by atoms with Gasteiger partial charge in [0.05, 0.1) is 6.61 Å². The zero-order valence-electron chi connectivity index (χ0n) is 13.2. The van der Waals surface area contributed by atoms with Crippen LogP contribution in [0.1, 0.15) is 41.9 Å². The van der Waals surface area contributed by atoms with Gasteiger partial charge in [0.2, 0.25) is 0 Å². The number of thiophene rings is 1. The molecule has 2 nitrogen and oxygen atoms in total. The van der Waals surface area contributed by atoms with E-state index >= 15 is 0 Å². The predicted molar refractivity (Wildman–Crippen MR) is 93.0 cm³/mol. The fourth-order valence-corrected chi connectivity index (χ4v) is 3.19. The van der Waals surface area contributed by atoms with Gasteiger partial charge in [-0.25, -0.2) is 4.79 Å². The van der Waals surface area contributed by atoms with E-state index < -0.39 is 0 Å². The summed E-state index contributed by atoms with van der Waals surface area (Å²) in [6.45, 7) is 6.33. The van der Waals surface area contributed by atoms with Crippen LogP contribution in [0.2, 0.25) is 10.1 Å². The Morgan fingerprint density at radius 1 is 1.38 bits per heavy atom. The number of rotatable bonds is 4. The van der Waals surface area contributed by atoms with Crippen LogP contribution < -0.4 is 0 Å². The first kappa shape index (κ1) is 18.6. The molecule has 1 aromatic carbocycles. The summed E-state index contributed by atoms with van der Waals surface area (Å²) in [5.74, 6) is -0.252. The molecule has 0 saturated heterocycles. The molecule has 0 N–H and O–H groups in total. The Morgan fingerprint density at radius 3 is 2.62 bits per heavy atom. The third-order valence-corrected chi connectivity index (χ3v) is 4.55. The molecule has 0 radical (unpaired) electrons. The molecule has 5 heteroatoms. The number of hydrogen-bond acceptors (Lipinski definition) is 3. The van der Waals surface area contributed by atoms with Crippen molar-refractivity contribution in [3.63, 3.8) is 0 Å². The van der Waals surface area contributed by atoms with Crippen molar-refractivity contribution in [2.75, 3.05) is 6.61 Å². The van der Waals surface area contributed by atoms with Crippen molar-refractivity contribution in [2.24, 2.45) is 0 Å². The summed E-state index contributed by atoms with van der Waals surface area (Å²) in [6, 6.07) is 5.64. The van der Waals surface area contributed by atoms with Crippen LogP contribution in [0.15, 0.2) is 18.2 Å². The standard InChI is InChI=1S/C12H11ClO2S.C4H9.Li/c1-3-15-12(14)11-7(2)9-6-8(13)4-5-10(9)16-11;1-3-4-2;/h4-6H,3H2,1-2H3;1,3-4H2,2H3;. The summed E-state index contributed by atoms with van der Waals surface area (Å²) in [5, 5.41) is 3.06. The van der Waals surface area contributed by atoms with Gasteiger partial charge in [-0.1, -0.05) is 11.6 Å². The van der Waals surface area contributed by atoms with Gasteiger partial charge in [0.25, 0.3) is 0 Å². The Labute approximate surface area is 145 Å². The summed E-state index contributed by atoms with van der Waals surface area (Å²) in [7, 11) is 0. The van der Waals surface area contributed by atoms with Crippen LogP contribution in [-0.2, 0) is 4.74 Å². The molecule has 2 rings (SSSR count). The number of unbranched alkanes of at least 4 members (excludes halogenated alkanes) is 1. The first-order chi connectivity index (χ1) is 10.0. The number of esters is 1. The zero-order chi connectivity index (χ0) is 15.8. The molecule has 0 bridgehead atoms. The number of halogens is 1. The van der Waals surface area contributed by atoms with Gasteiger partial charge in [0, 0.05) is 9.72 Å². The van der Waals surface area contributed by atoms with Crippen molar-refractivity contribution in [3.05, 3.63) is 33.7 Å². The first-order valence-electron chi connectivity index (χ1n) is 7.40. The quantitative estimate of drug-likeness (QED) is 0.556. The number of carbonyl (C=O) groups is 1. The molecule has 21 heavy (non-hydrogen) atoms. The van der Waals surface area contributed by atoms with Crippen LogP contribution >= 0.6 is 22.9 Å². The van der Waals surface area contributed by atoms with Crippen molar-refractivity contribution in [3.8, 4) is 0 Å². The van der Waals surface area contributed by atoms with Crippen LogP contribution in [0.4, 0.5) is 0 Å². The number of benzene rings is 1. The molecule has 0 aliphatic rings. The maximum absolute atomic E-state index is 11.7. The second-order valence-corrected chi connectivity index (χ2v) is 6.26. The normalized spacial score (nSPS) is 10.2. The van der Waals surface area contributed by atoms with Crippen molar-refractivity contribution in [1.82, 2.24) is 0 Å². The molecule has 110 valence electrons. The second kappa shape index (κ2) is 9.53. The molecule has 0 amide bonds. The molecule has 1 heterocycles. The van der Waals surface area contributed by atoms with Gasteiger partial charge < -0.3 is 4.74 Å². The van der Waals surface area contributed by atoms with Crippen LogP contribution in [0.25, 0.3) is 10.1 Å². The average Bonchev–Trinajstić information content (AvgIpc) is 2.78. The van der Waals surface area contributed by atoms with Gasteiger partial charge in [-0.15, -0.1) is 11.3 Å². The van der Waals surface area contributed by atoms with E-state index in [0.717, 1.165) is 15.6 Å². The first-order valence-corrected chi connectivity index (χ1v) is 8.60. The van der Waals surface area contributed by atoms with E-state index in [1.165, 1.54) is 29.3 Å². The van der Waals surface area contributed by atoms with E-state index in [9.17, 15) is 4.79 Å². The monoisotopic (exact) mass is 318 g/mol. The summed E-state index contributed by atoms with van der Waals surface area (Å²) < 4.78 is 6.07. The molecule has 0 atom stereocenters. The number of ether oxygens (including phenoxy) is 1. The summed E-state index contributed by atoms with van der Waals surface area (Å²) >= 11 is 9.59. The van der Waals surface area contributed by atoms with Crippen LogP contribution in [0.5, 0.6) is 0 Å². The van der Waals surface area contributed by atoms with E-state index in [2.05, 4.69) is 24.6 Å². The minimum absolute atomic E-state index is 0.252. The van der Waals surface area contributed by atoms with Gasteiger partial charge in [0.15, 0.2) is 0 Å². The third-order valence-electron chi connectivity index (χ3n) is 3.07. The molecule has 0 unspecified atom stereocenters. The molecule has 2 aromatic rings. The summed E-state index contributed by atoms with van der Waals surface area (Å²) in [5.41, 5.74) is 0.945. The Hall–Kier alpha value is -0.463. The molecule has 0 saturated carbocycles. The van der Waals surface area contributed by atoms with Crippen molar-refractivity contribution in [1.29, 1.82) is 0 Å². The van der Waals surface area contributed by atoms with Crippen LogP contribution in [0.3, 0.4) is 0 Å². The minimum atomic E-state index is -0.252. The summed E-state index contributed by atoms with van der Waals surface area (Å²) in [6.07, 6.45) is 2.73. The molecule has 1 aromatic heterocycles. The number of fused-ring (bicyclic) bond motifs is 1. The molecular formula is C16H20ClLiO2S.